The van der Waals surface area contributed by atoms with Crippen LogP contribution >= 0.6 is 0 Å². The van der Waals surface area contributed by atoms with Gasteiger partial charge in [-0.1, -0.05) is 18.2 Å². The van der Waals surface area contributed by atoms with Crippen molar-refractivity contribution >= 4 is 33.4 Å². The maximum Gasteiger partial charge on any atom is 0.338 e. The molecule has 196 valence electrons. The number of carboxylic acids is 1. The minimum absolute atomic E-state index is 0.103. The maximum absolute atomic E-state index is 12.9. The molecule has 0 aliphatic carbocycles. The van der Waals surface area contributed by atoms with Crippen LogP contribution in [0.3, 0.4) is 0 Å². The van der Waals surface area contributed by atoms with Gasteiger partial charge in [-0.05, 0) is 36.4 Å². The largest absolute Gasteiger partial charge is 0.492 e. The summed E-state index contributed by atoms with van der Waals surface area (Å²) in [5.41, 5.74) is 10.2. The van der Waals surface area contributed by atoms with E-state index < -0.39 is 40.0 Å². The number of aromatic nitrogens is 1. The van der Waals surface area contributed by atoms with Gasteiger partial charge in [0.25, 0.3) is 11.5 Å². The Morgan fingerprint density at radius 3 is 2.46 bits per heavy atom. The predicted octanol–water partition coefficient (Wildman–Crippen LogP) is -2.42. The predicted molar refractivity (Wildman–Crippen MR) is 134 cm³/mol. The molecule has 3 aromatic rings. The zero-order chi connectivity index (χ0) is 27.0. The first-order chi connectivity index (χ1) is 17.6. The highest BCUT2D eigenvalue weighted by atomic mass is 32.2. The number of nitrogens with one attached hydrogen (secondary N) is 3. The second-order valence-electron chi connectivity index (χ2n) is 7.83. The van der Waals surface area contributed by atoms with Crippen LogP contribution in [0.4, 0.5) is 0 Å². The van der Waals surface area contributed by atoms with E-state index >= 15 is 0 Å². The van der Waals surface area contributed by atoms with E-state index in [0.29, 0.717) is 30.8 Å². The molecule has 2 heterocycles. The lowest BCUT2D eigenvalue weighted by Crippen LogP contribution is -2.78. The quantitative estimate of drug-likeness (QED) is 0.0833. The van der Waals surface area contributed by atoms with E-state index in [-0.39, 0.29) is 16.4 Å². The summed E-state index contributed by atoms with van der Waals surface area (Å²) in [5.74, 6) is -1.87. The highest BCUT2D eigenvalue weighted by molar-refractivity contribution is 7.89. The van der Waals surface area contributed by atoms with E-state index in [2.05, 4.69) is 10.3 Å². The van der Waals surface area contributed by atoms with Gasteiger partial charge >= 0.3 is 11.9 Å². The molecule has 13 nitrogen and oxygen atoms in total. The van der Waals surface area contributed by atoms with Crippen LogP contribution in [0.1, 0.15) is 16.8 Å². The summed E-state index contributed by atoms with van der Waals surface area (Å²) in [4.78, 5) is 39.9. The number of sulfonamides is 1. The second kappa shape index (κ2) is 12.0. The molecule has 8 N–H and O–H groups in total. The average molecular weight is 532 g/mol. The van der Waals surface area contributed by atoms with Crippen LogP contribution in [0.2, 0.25) is 0 Å². The summed E-state index contributed by atoms with van der Waals surface area (Å²) in [6.45, 7) is 0.222. The van der Waals surface area contributed by atoms with Gasteiger partial charge in [-0.15, -0.1) is 0 Å². The van der Waals surface area contributed by atoms with Crippen molar-refractivity contribution in [3.8, 4) is 5.75 Å². The number of benzene rings is 1. The number of rotatable bonds is 12. The van der Waals surface area contributed by atoms with E-state index in [4.69, 9.17) is 16.2 Å². The van der Waals surface area contributed by atoms with Crippen molar-refractivity contribution in [2.45, 2.75) is 17.4 Å². The minimum atomic E-state index is -4.15. The van der Waals surface area contributed by atoms with E-state index in [9.17, 15) is 27.9 Å². The number of fused-ring (bicyclic) bond motifs is 1. The smallest absolute Gasteiger partial charge is 0.338 e. The second-order valence-corrected chi connectivity index (χ2v) is 9.55. The number of hydrogen-bond acceptors (Lipinski definition) is 6. The first kappa shape index (κ1) is 27.2. The molecular weight excluding hydrogens is 504 g/mol. The zero-order valence-corrected chi connectivity index (χ0v) is 20.4. The number of hydrogen-bond donors (Lipinski definition) is 6. The lowest BCUT2D eigenvalue weighted by Gasteiger charge is -2.16. The van der Waals surface area contributed by atoms with E-state index in [1.807, 2.05) is 4.72 Å². The molecule has 1 atom stereocenters. The monoisotopic (exact) mass is 531 g/mol. The summed E-state index contributed by atoms with van der Waals surface area (Å²) >= 11 is 0. The number of pyridine rings is 2. The Balaban J connectivity index is 1.70. The third-order valence-corrected chi connectivity index (χ3v) is 6.59. The number of nitrogens with two attached hydrogens (primary N) is 2. The normalized spacial score (nSPS) is 12.0. The third kappa shape index (κ3) is 7.28. The molecule has 0 spiro atoms. The number of aliphatic carboxylic acids is 1. The van der Waals surface area contributed by atoms with Crippen molar-refractivity contribution in [3.05, 3.63) is 76.7 Å². The number of carbonyl (C=O) groups excluding carboxylic acids is 1. The zero-order valence-electron chi connectivity index (χ0n) is 19.6. The number of ether oxygens (including phenoxy) is 1. The first-order valence-electron chi connectivity index (χ1n) is 11.1. The first-order valence-corrected chi connectivity index (χ1v) is 12.5. The van der Waals surface area contributed by atoms with Crippen molar-refractivity contribution in [3.63, 3.8) is 0 Å². The Morgan fingerprint density at radius 1 is 1.08 bits per heavy atom. The van der Waals surface area contributed by atoms with Crippen LogP contribution in [-0.4, -0.2) is 61.5 Å². The van der Waals surface area contributed by atoms with Crippen molar-refractivity contribution in [2.24, 2.45) is 11.5 Å². The minimum Gasteiger partial charge on any atom is -0.492 e. The van der Waals surface area contributed by atoms with Crippen molar-refractivity contribution in [1.29, 1.82) is 0 Å². The fourth-order valence-electron chi connectivity index (χ4n) is 3.25. The fraction of sp³-hybridized carbons (Fsp3) is 0.217. The van der Waals surface area contributed by atoms with Crippen molar-refractivity contribution < 1.29 is 32.8 Å². The van der Waals surface area contributed by atoms with Gasteiger partial charge in [0, 0.05) is 18.5 Å². The molecule has 0 aliphatic rings. The van der Waals surface area contributed by atoms with Gasteiger partial charge in [0.2, 0.25) is 10.0 Å². The number of nitrogens with zero attached hydrogens (tertiary/aromatic N) is 1. The lowest BCUT2D eigenvalue weighted by atomic mass is 10.2. The van der Waals surface area contributed by atoms with Gasteiger partial charge in [0.05, 0.1) is 24.2 Å². The Bertz CT molecular complexity index is 1470. The van der Waals surface area contributed by atoms with Crippen LogP contribution in [0.5, 0.6) is 5.75 Å². The average Bonchev–Trinajstić information content (AvgIpc) is 2.86. The van der Waals surface area contributed by atoms with Gasteiger partial charge in [0.1, 0.15) is 17.4 Å². The summed E-state index contributed by atoms with van der Waals surface area (Å²) in [5, 5.41) is 11.8. The number of amides is 1. The molecule has 0 fully saturated rings. The molecule has 0 saturated carbocycles. The molecule has 1 unspecified atom stereocenters. The molecule has 37 heavy (non-hydrogen) atoms. The van der Waals surface area contributed by atoms with Crippen LogP contribution in [0.25, 0.3) is 5.52 Å². The molecule has 2 aromatic heterocycles. The summed E-state index contributed by atoms with van der Waals surface area (Å²) in [6, 6.07) is 11.7. The van der Waals surface area contributed by atoms with Gasteiger partial charge in [-0.3, -0.25) is 35.2 Å². The summed E-state index contributed by atoms with van der Waals surface area (Å²) in [7, 11) is -4.15. The fourth-order valence-corrected chi connectivity index (χ4v) is 4.46. The molecule has 0 bridgehead atoms. The summed E-state index contributed by atoms with van der Waals surface area (Å²) in [6.07, 6.45) is 2.02. The van der Waals surface area contributed by atoms with Crippen molar-refractivity contribution in [1.82, 2.24) is 14.4 Å². The lowest BCUT2D eigenvalue weighted by molar-refractivity contribution is -0.460. The maximum atomic E-state index is 12.9. The highest BCUT2D eigenvalue weighted by Crippen LogP contribution is 2.13. The Kier molecular flexibility index (Phi) is 8.81. The number of carbonyl (C=O) groups is 2. The highest BCUT2D eigenvalue weighted by Gasteiger charge is 2.26. The molecule has 3 rings (SSSR count). The number of carboxylic acid groups (broad SMARTS) is 1. The third-order valence-electron chi connectivity index (χ3n) is 5.10. The Labute approximate surface area is 211 Å². The molecule has 1 amide bonds. The van der Waals surface area contributed by atoms with Gasteiger partial charge in [0.15, 0.2) is 0 Å². The van der Waals surface area contributed by atoms with Gasteiger partial charge in [-0.2, -0.15) is 4.72 Å². The van der Waals surface area contributed by atoms with E-state index in [1.54, 1.807) is 18.2 Å². The van der Waals surface area contributed by atoms with Crippen LogP contribution in [0.15, 0.2) is 70.5 Å². The van der Waals surface area contributed by atoms with E-state index in [1.165, 1.54) is 47.0 Å². The topological polar surface area (TPSA) is 209 Å². The van der Waals surface area contributed by atoms with Crippen LogP contribution < -0.4 is 36.8 Å². The molecule has 0 aliphatic heterocycles. The van der Waals surface area contributed by atoms with Crippen LogP contribution in [0, 0.1) is 0 Å². The summed E-state index contributed by atoms with van der Waals surface area (Å²) < 4.78 is 33.8. The van der Waals surface area contributed by atoms with Gasteiger partial charge in [-0.25, -0.2) is 8.42 Å². The molecule has 14 heteroatoms. The SMILES string of the molecule is NC(N)=[NH+]CCCOc1ccc2ccc(C(=O)NCC(NS(=O)(=O)c3ccccc3)C(=O)O)c(=O)n2c1. The van der Waals surface area contributed by atoms with Gasteiger partial charge < -0.3 is 15.2 Å². The molecule has 1 aromatic carbocycles. The Morgan fingerprint density at radius 2 is 1.78 bits per heavy atom. The Hall–Kier alpha value is -4.43. The molecule has 0 radical (unpaired) electrons. The van der Waals surface area contributed by atoms with Crippen LogP contribution in [-0.2, 0) is 14.8 Å². The van der Waals surface area contributed by atoms with E-state index in [0.717, 1.165) is 0 Å². The standard InChI is InChI=1S/C23H26N6O7S/c24-23(25)26-11-4-12-36-16-9-7-15-8-10-18(21(31)29(15)14-16)20(30)27-13-19(22(32)33)28-37(34,35)17-5-2-1-3-6-17/h1-3,5-10,14,19,28H,4,11-13H2,(H,27,30)(H,32,33)(H4,24,25,26)/p+1. The van der Waals surface area contributed by atoms with Crippen molar-refractivity contribution in [2.75, 3.05) is 19.7 Å². The number of guanidine groups is 1. The molecule has 0 saturated heterocycles. The molecular formula is C23H27N6O7S+.